The van der Waals surface area contributed by atoms with E-state index < -0.39 is 17.9 Å². The maximum atomic E-state index is 13.8. The normalized spacial score (nSPS) is 12.6. The Labute approximate surface area is 250 Å². The molecule has 0 spiro atoms. The molecule has 0 saturated carbocycles. The number of hydrogen-bond donors (Lipinski definition) is 2. The molecule has 0 fully saturated rings. The topological polar surface area (TPSA) is 116 Å². The van der Waals surface area contributed by atoms with Gasteiger partial charge in [-0.25, -0.2) is 4.98 Å². The van der Waals surface area contributed by atoms with Gasteiger partial charge in [0.05, 0.1) is 18.2 Å². The molecule has 1 unspecified atom stereocenters. The van der Waals surface area contributed by atoms with Crippen molar-refractivity contribution >= 4 is 17.5 Å². The highest BCUT2D eigenvalue weighted by molar-refractivity contribution is 6.01. The lowest BCUT2D eigenvalue weighted by Crippen LogP contribution is -2.47. The van der Waals surface area contributed by atoms with E-state index in [1.54, 1.807) is 42.3 Å². The van der Waals surface area contributed by atoms with Crippen molar-refractivity contribution in [2.24, 2.45) is 14.1 Å². The number of amides is 2. The summed E-state index contributed by atoms with van der Waals surface area (Å²) >= 11 is 0. The summed E-state index contributed by atoms with van der Waals surface area (Å²) in [5.41, 5.74) is 5.45. The molecule has 0 aliphatic rings. The largest absolute Gasteiger partial charge is 0.338 e. The molecule has 0 saturated heterocycles. The summed E-state index contributed by atoms with van der Waals surface area (Å²) in [6.07, 6.45) is 6.90. The molecule has 2 N–H and O–H groups in total. The van der Waals surface area contributed by atoms with Gasteiger partial charge in [-0.2, -0.15) is 5.10 Å². The Bertz CT molecular complexity index is 1810. The van der Waals surface area contributed by atoms with Crippen LogP contribution in [0.1, 0.15) is 48.8 Å². The van der Waals surface area contributed by atoms with E-state index in [1.807, 2.05) is 87.1 Å². The van der Waals surface area contributed by atoms with Crippen molar-refractivity contribution in [3.8, 4) is 22.4 Å². The minimum absolute atomic E-state index is 0.0167. The van der Waals surface area contributed by atoms with Crippen molar-refractivity contribution in [2.45, 2.75) is 38.8 Å². The Kier molecular flexibility index (Phi) is 8.38. The average molecular weight is 578 g/mol. The standard InChI is InChI=1S/C33H35N7O3/c1-21(2)40-19-26(11-14-30(40)41)25-8-6-7-24(17-25)22(3)31(37-32(42)28-15-16-35-39(28)5)33(43)36-27-12-9-23(10-13-27)29-18-34-20-38(29)4/h6-22,31H,1-5H3,(H,36,43)(H,37,42)/t22?,31-/m0/s1. The quantitative estimate of drug-likeness (QED) is 0.262. The molecule has 2 atom stereocenters. The van der Waals surface area contributed by atoms with Crippen LogP contribution in [-0.2, 0) is 18.9 Å². The monoisotopic (exact) mass is 577 g/mol. The lowest BCUT2D eigenvalue weighted by molar-refractivity contribution is -0.118. The Morgan fingerprint density at radius 2 is 1.63 bits per heavy atom. The van der Waals surface area contributed by atoms with Gasteiger partial charge in [0.25, 0.3) is 11.5 Å². The van der Waals surface area contributed by atoms with Gasteiger partial charge in [0.1, 0.15) is 11.7 Å². The van der Waals surface area contributed by atoms with Gasteiger partial charge >= 0.3 is 0 Å². The van der Waals surface area contributed by atoms with E-state index >= 15 is 0 Å². The van der Waals surface area contributed by atoms with Crippen molar-refractivity contribution < 1.29 is 9.59 Å². The molecule has 2 amide bonds. The average Bonchev–Trinajstić information content (AvgIpc) is 3.63. The summed E-state index contributed by atoms with van der Waals surface area (Å²) in [5, 5.41) is 10.0. The maximum absolute atomic E-state index is 13.8. The van der Waals surface area contributed by atoms with Crippen molar-refractivity contribution in [1.29, 1.82) is 0 Å². The highest BCUT2D eigenvalue weighted by Gasteiger charge is 2.29. The number of anilines is 1. The van der Waals surface area contributed by atoms with Gasteiger partial charge < -0.3 is 19.8 Å². The van der Waals surface area contributed by atoms with Gasteiger partial charge in [0.2, 0.25) is 5.91 Å². The van der Waals surface area contributed by atoms with Crippen LogP contribution in [0.2, 0.25) is 0 Å². The van der Waals surface area contributed by atoms with E-state index in [0.29, 0.717) is 11.4 Å². The molecule has 0 radical (unpaired) electrons. The Balaban J connectivity index is 1.44. The van der Waals surface area contributed by atoms with Crippen LogP contribution in [0.25, 0.3) is 22.4 Å². The number of hydrogen-bond acceptors (Lipinski definition) is 5. The van der Waals surface area contributed by atoms with E-state index in [4.69, 9.17) is 0 Å². The molecule has 2 aromatic carbocycles. The Hall–Kier alpha value is -5.25. The van der Waals surface area contributed by atoms with E-state index in [9.17, 15) is 14.4 Å². The number of pyridine rings is 1. The van der Waals surface area contributed by atoms with E-state index in [0.717, 1.165) is 27.9 Å². The van der Waals surface area contributed by atoms with Gasteiger partial charge in [0, 0.05) is 50.2 Å². The van der Waals surface area contributed by atoms with Crippen molar-refractivity contribution in [3.63, 3.8) is 0 Å². The van der Waals surface area contributed by atoms with Crippen molar-refractivity contribution in [1.82, 2.24) is 29.2 Å². The van der Waals surface area contributed by atoms with Crippen LogP contribution in [-0.4, -0.2) is 41.8 Å². The van der Waals surface area contributed by atoms with Crippen LogP contribution >= 0.6 is 0 Å². The fourth-order valence-corrected chi connectivity index (χ4v) is 5.08. The first-order valence-electron chi connectivity index (χ1n) is 14.1. The number of aromatic nitrogens is 5. The molecule has 10 heteroatoms. The third kappa shape index (κ3) is 6.33. The fourth-order valence-electron chi connectivity index (χ4n) is 5.08. The highest BCUT2D eigenvalue weighted by Crippen LogP contribution is 2.27. The Morgan fingerprint density at radius 1 is 0.884 bits per heavy atom. The van der Waals surface area contributed by atoms with Gasteiger partial charge in [0.15, 0.2) is 0 Å². The van der Waals surface area contributed by atoms with Crippen LogP contribution in [0.3, 0.4) is 0 Å². The first kappa shape index (κ1) is 29.2. The van der Waals surface area contributed by atoms with Crippen molar-refractivity contribution in [2.75, 3.05) is 5.32 Å². The van der Waals surface area contributed by atoms with Gasteiger partial charge in [-0.3, -0.25) is 19.1 Å². The van der Waals surface area contributed by atoms with Gasteiger partial charge in [-0.1, -0.05) is 43.3 Å². The lowest BCUT2D eigenvalue weighted by atomic mass is 9.90. The smallest absolute Gasteiger partial charge is 0.270 e. The minimum Gasteiger partial charge on any atom is -0.338 e. The SMILES string of the molecule is CC(c1cccc(-c2ccc(=O)n(C(C)C)c2)c1)[C@H](NC(=O)c1ccnn1C)C(=O)Nc1ccc(-c2cncn2C)cc1. The zero-order chi connectivity index (χ0) is 30.7. The van der Waals surface area contributed by atoms with Crippen molar-refractivity contribution in [3.05, 3.63) is 113 Å². The summed E-state index contributed by atoms with van der Waals surface area (Å²) in [6.45, 7) is 5.84. The second-order valence-electron chi connectivity index (χ2n) is 10.9. The van der Waals surface area contributed by atoms with Gasteiger partial charge in [-0.05, 0) is 60.4 Å². The summed E-state index contributed by atoms with van der Waals surface area (Å²) in [7, 11) is 3.60. The third-order valence-corrected chi connectivity index (χ3v) is 7.63. The van der Waals surface area contributed by atoms with Crippen LogP contribution in [0.5, 0.6) is 0 Å². The summed E-state index contributed by atoms with van der Waals surface area (Å²) in [6, 6.07) is 19.4. The molecular weight excluding hydrogens is 542 g/mol. The minimum atomic E-state index is -0.904. The van der Waals surface area contributed by atoms with E-state index in [-0.39, 0.29) is 17.5 Å². The molecule has 3 aromatic heterocycles. The number of nitrogens with zero attached hydrogens (tertiary/aromatic N) is 5. The number of nitrogens with one attached hydrogen (secondary N) is 2. The molecule has 5 rings (SSSR count). The van der Waals surface area contributed by atoms with Crippen LogP contribution in [0.15, 0.2) is 96.4 Å². The molecule has 3 heterocycles. The number of aryl methyl sites for hydroxylation is 2. The van der Waals surface area contributed by atoms with E-state index in [1.165, 1.54) is 10.9 Å². The van der Waals surface area contributed by atoms with E-state index in [2.05, 4.69) is 20.7 Å². The molecule has 43 heavy (non-hydrogen) atoms. The predicted molar refractivity (Wildman–Crippen MR) is 167 cm³/mol. The van der Waals surface area contributed by atoms with Crippen LogP contribution < -0.4 is 16.2 Å². The zero-order valence-corrected chi connectivity index (χ0v) is 24.9. The lowest BCUT2D eigenvalue weighted by Gasteiger charge is -2.25. The predicted octanol–water partition coefficient (Wildman–Crippen LogP) is 4.77. The number of imidazole rings is 1. The molecule has 0 bridgehead atoms. The van der Waals surface area contributed by atoms with Crippen LogP contribution in [0.4, 0.5) is 5.69 Å². The molecule has 0 aliphatic carbocycles. The Morgan fingerprint density at radius 3 is 2.28 bits per heavy atom. The summed E-state index contributed by atoms with van der Waals surface area (Å²) in [4.78, 5) is 43.6. The number of rotatable bonds is 9. The molecule has 220 valence electrons. The first-order valence-corrected chi connectivity index (χ1v) is 14.1. The summed E-state index contributed by atoms with van der Waals surface area (Å²) < 4.78 is 5.08. The van der Waals surface area contributed by atoms with Crippen LogP contribution in [0, 0.1) is 0 Å². The number of carbonyl (C=O) groups excluding carboxylic acids is 2. The zero-order valence-electron chi connectivity index (χ0n) is 24.9. The number of carbonyl (C=O) groups is 2. The fraction of sp³-hybridized carbons (Fsp3) is 0.242. The maximum Gasteiger partial charge on any atom is 0.270 e. The molecule has 0 aliphatic heterocycles. The molecule has 10 nitrogen and oxygen atoms in total. The summed E-state index contributed by atoms with van der Waals surface area (Å²) in [5.74, 6) is -1.16. The van der Waals surface area contributed by atoms with Gasteiger partial charge in [-0.15, -0.1) is 0 Å². The number of benzene rings is 2. The second kappa shape index (κ2) is 12.3. The second-order valence-corrected chi connectivity index (χ2v) is 10.9. The molecular formula is C33H35N7O3. The first-order chi connectivity index (χ1) is 20.6. The highest BCUT2D eigenvalue weighted by atomic mass is 16.2. The molecule has 5 aromatic rings. The third-order valence-electron chi connectivity index (χ3n) is 7.63.